The zero-order valence-corrected chi connectivity index (χ0v) is 19.0. The van der Waals surface area contributed by atoms with Gasteiger partial charge in [0, 0.05) is 19.5 Å². The van der Waals surface area contributed by atoms with E-state index in [1.807, 2.05) is 12.1 Å². The van der Waals surface area contributed by atoms with Gasteiger partial charge in [-0.05, 0) is 41.5 Å². The molecule has 2 unspecified atom stereocenters. The number of nitrogens with one attached hydrogen (secondary N) is 2. The third kappa shape index (κ3) is 4.00. The largest absolute Gasteiger partial charge is 0.382 e. The van der Waals surface area contributed by atoms with E-state index in [0.717, 1.165) is 16.5 Å². The fourth-order valence-corrected chi connectivity index (χ4v) is 4.33. The molecule has 5 rings (SSSR count). The van der Waals surface area contributed by atoms with Crippen LogP contribution >= 0.6 is 11.6 Å². The van der Waals surface area contributed by atoms with E-state index in [4.69, 9.17) is 21.7 Å². The molecule has 2 atom stereocenters. The smallest absolute Gasteiger partial charge is 0.297 e. The molecular weight excluding hydrogens is 482 g/mol. The number of guanidine groups is 1. The van der Waals surface area contributed by atoms with Crippen LogP contribution in [0.3, 0.4) is 0 Å². The number of hydrogen-bond donors (Lipinski definition) is 2. The average Bonchev–Trinajstić information content (AvgIpc) is 3.57. The van der Waals surface area contributed by atoms with Gasteiger partial charge in [0.05, 0.1) is 28.9 Å². The van der Waals surface area contributed by atoms with Crippen LogP contribution in [-0.2, 0) is 9.53 Å². The summed E-state index contributed by atoms with van der Waals surface area (Å²) in [5.74, 6) is -1.03. The monoisotopic (exact) mass is 500 g/mol. The molecule has 0 saturated carbocycles. The van der Waals surface area contributed by atoms with Gasteiger partial charge in [-0.2, -0.15) is 10.2 Å². The molecule has 35 heavy (non-hydrogen) atoms. The summed E-state index contributed by atoms with van der Waals surface area (Å²) < 4.78 is 34.8. The molecule has 0 radical (unpaired) electrons. The van der Waals surface area contributed by atoms with Crippen molar-refractivity contribution in [1.82, 2.24) is 34.6 Å². The number of ether oxygens (including phenoxy) is 1. The van der Waals surface area contributed by atoms with Gasteiger partial charge in [0.1, 0.15) is 12.4 Å². The molecule has 0 bridgehead atoms. The maximum atomic E-state index is 13.5. The van der Waals surface area contributed by atoms with Crippen LogP contribution in [-0.4, -0.2) is 54.9 Å². The topological polar surface area (TPSA) is 113 Å². The number of nitrogens with zero attached hydrogens (tertiary/aromatic N) is 6. The number of pyridine rings is 1. The molecule has 1 amide bonds. The second kappa shape index (κ2) is 9.04. The van der Waals surface area contributed by atoms with Crippen molar-refractivity contribution < 1.29 is 18.3 Å². The van der Waals surface area contributed by atoms with Crippen LogP contribution in [0.25, 0.3) is 11.2 Å². The lowest BCUT2D eigenvalue weighted by Gasteiger charge is -2.27. The minimum absolute atomic E-state index is 0.0459. The standard InChI is InChI=1S/C22H19ClF2N8O2/c1-35-10-17(12-2-3-15(23)16(9-12)33-20(19(24)25)27-11-29-33)32-21(34)18(30-22(32)26)13-5-7-31-14(8-13)4-6-28-31/h2-9,11,17-19H,10H2,1H3,(H2,26,30). The number of carbonyl (C=O) groups excluding carboxylic acids is 1. The summed E-state index contributed by atoms with van der Waals surface area (Å²) in [7, 11) is 1.47. The van der Waals surface area contributed by atoms with Crippen LogP contribution in [0.5, 0.6) is 0 Å². The van der Waals surface area contributed by atoms with E-state index in [1.165, 1.54) is 18.1 Å². The third-order valence-corrected chi connectivity index (χ3v) is 6.07. The van der Waals surface area contributed by atoms with E-state index in [9.17, 15) is 13.6 Å². The Kier molecular flexibility index (Phi) is 5.91. The van der Waals surface area contributed by atoms with Gasteiger partial charge in [-0.1, -0.05) is 17.7 Å². The first-order valence-corrected chi connectivity index (χ1v) is 10.8. The Morgan fingerprint density at radius 2 is 2.06 bits per heavy atom. The summed E-state index contributed by atoms with van der Waals surface area (Å²) in [6.45, 7) is 0.0459. The maximum Gasteiger partial charge on any atom is 0.297 e. The summed E-state index contributed by atoms with van der Waals surface area (Å²) in [4.78, 5) is 18.4. The fraction of sp³-hybridized carbons (Fsp3) is 0.227. The van der Waals surface area contributed by atoms with Crippen LogP contribution < -0.4 is 5.32 Å². The van der Waals surface area contributed by atoms with Crippen LogP contribution in [0.1, 0.15) is 35.5 Å². The number of benzene rings is 1. The number of halogens is 3. The van der Waals surface area contributed by atoms with Crippen LogP contribution in [0.2, 0.25) is 5.02 Å². The quantitative estimate of drug-likeness (QED) is 0.402. The van der Waals surface area contributed by atoms with Gasteiger partial charge >= 0.3 is 0 Å². The van der Waals surface area contributed by atoms with Gasteiger partial charge in [-0.25, -0.2) is 23.0 Å². The fourth-order valence-electron chi connectivity index (χ4n) is 4.13. The molecule has 1 fully saturated rings. The molecule has 2 N–H and O–H groups in total. The Labute approximate surface area is 202 Å². The molecule has 0 aliphatic carbocycles. The van der Waals surface area contributed by atoms with Crippen molar-refractivity contribution in [1.29, 1.82) is 5.41 Å². The third-order valence-electron chi connectivity index (χ3n) is 5.75. The molecule has 10 nitrogen and oxygen atoms in total. The maximum absolute atomic E-state index is 13.5. The van der Waals surface area contributed by atoms with Crippen molar-refractivity contribution in [3.63, 3.8) is 0 Å². The second-order valence-corrected chi connectivity index (χ2v) is 8.21. The van der Waals surface area contributed by atoms with Crippen LogP contribution in [0, 0.1) is 5.41 Å². The van der Waals surface area contributed by atoms with E-state index in [1.54, 1.807) is 35.1 Å². The highest BCUT2D eigenvalue weighted by molar-refractivity contribution is 6.32. The minimum atomic E-state index is -2.86. The highest BCUT2D eigenvalue weighted by atomic mass is 35.5. The van der Waals surface area contributed by atoms with Crippen LogP contribution in [0.15, 0.2) is 55.1 Å². The Morgan fingerprint density at radius 1 is 1.23 bits per heavy atom. The number of alkyl halides is 2. The van der Waals surface area contributed by atoms with Crippen molar-refractivity contribution in [3.05, 3.63) is 77.1 Å². The predicted octanol–water partition coefficient (Wildman–Crippen LogP) is 3.30. The van der Waals surface area contributed by atoms with E-state index in [0.29, 0.717) is 11.1 Å². The lowest BCUT2D eigenvalue weighted by atomic mass is 10.0. The predicted molar refractivity (Wildman–Crippen MR) is 122 cm³/mol. The molecule has 1 aliphatic rings. The number of amides is 1. The van der Waals surface area contributed by atoms with Crippen molar-refractivity contribution in [3.8, 4) is 5.69 Å². The van der Waals surface area contributed by atoms with E-state index < -0.39 is 24.3 Å². The molecule has 13 heteroatoms. The van der Waals surface area contributed by atoms with Gasteiger partial charge < -0.3 is 10.1 Å². The van der Waals surface area contributed by atoms with Crippen molar-refractivity contribution >= 4 is 29.0 Å². The van der Waals surface area contributed by atoms with E-state index in [2.05, 4.69) is 20.5 Å². The number of fused-ring (bicyclic) bond motifs is 1. The first-order valence-electron chi connectivity index (χ1n) is 10.5. The summed E-state index contributed by atoms with van der Waals surface area (Å²) in [6, 6.07) is 8.59. The van der Waals surface area contributed by atoms with Gasteiger partial charge in [0.25, 0.3) is 12.3 Å². The Hall–Kier alpha value is -3.90. The molecule has 1 aromatic carbocycles. The van der Waals surface area contributed by atoms with Crippen molar-refractivity contribution in [2.24, 2.45) is 0 Å². The Bertz CT molecular complexity index is 1420. The van der Waals surface area contributed by atoms with Gasteiger partial charge in [-0.3, -0.25) is 15.1 Å². The minimum Gasteiger partial charge on any atom is -0.382 e. The molecule has 4 heterocycles. The number of carbonyl (C=O) groups is 1. The lowest BCUT2D eigenvalue weighted by molar-refractivity contribution is -0.129. The number of aromatic nitrogens is 5. The SMILES string of the molecule is COCC(c1ccc(Cl)c(-n2ncnc2C(F)F)c1)N1C(=N)NC(c2ccn3nccc3c2)C1=O. The number of hydrogen-bond acceptors (Lipinski definition) is 6. The van der Waals surface area contributed by atoms with Crippen molar-refractivity contribution in [2.45, 2.75) is 18.5 Å². The number of methoxy groups -OCH3 is 1. The van der Waals surface area contributed by atoms with Gasteiger partial charge in [0.2, 0.25) is 0 Å². The summed E-state index contributed by atoms with van der Waals surface area (Å²) >= 11 is 6.30. The highest BCUT2D eigenvalue weighted by Gasteiger charge is 2.41. The average molecular weight is 501 g/mol. The highest BCUT2D eigenvalue weighted by Crippen LogP contribution is 2.33. The summed E-state index contributed by atoms with van der Waals surface area (Å²) in [6.07, 6.45) is 1.54. The van der Waals surface area contributed by atoms with Crippen molar-refractivity contribution in [2.75, 3.05) is 13.7 Å². The van der Waals surface area contributed by atoms with Crippen LogP contribution in [0.4, 0.5) is 8.78 Å². The number of rotatable bonds is 7. The summed E-state index contributed by atoms with van der Waals surface area (Å²) in [5.41, 5.74) is 2.17. The molecule has 1 saturated heterocycles. The van der Waals surface area contributed by atoms with E-state index in [-0.39, 0.29) is 29.2 Å². The second-order valence-electron chi connectivity index (χ2n) is 7.81. The van der Waals surface area contributed by atoms with E-state index >= 15 is 0 Å². The zero-order chi connectivity index (χ0) is 24.7. The lowest BCUT2D eigenvalue weighted by Crippen LogP contribution is -2.37. The molecular formula is C22H19ClF2N8O2. The molecule has 3 aromatic heterocycles. The molecule has 1 aliphatic heterocycles. The molecule has 0 spiro atoms. The zero-order valence-electron chi connectivity index (χ0n) is 18.3. The van der Waals surface area contributed by atoms with Gasteiger partial charge in [-0.15, -0.1) is 0 Å². The van der Waals surface area contributed by atoms with Gasteiger partial charge in [0.15, 0.2) is 11.8 Å². The summed E-state index contributed by atoms with van der Waals surface area (Å²) in [5, 5.41) is 19.6. The normalized spacial score (nSPS) is 16.9. The first kappa shape index (κ1) is 22.9. The first-order chi connectivity index (χ1) is 16.9. The molecule has 180 valence electrons. The Balaban J connectivity index is 1.51. The Morgan fingerprint density at radius 3 is 2.83 bits per heavy atom. The molecule has 4 aromatic rings.